The molecule has 2 heterocycles. The fraction of sp³-hybridized carbons (Fsp3) is 0.450. The Bertz CT molecular complexity index is 960. The summed E-state index contributed by atoms with van der Waals surface area (Å²) in [6.45, 7) is 0.442. The number of oxazole rings is 1. The first kappa shape index (κ1) is 14.9. The minimum Gasteiger partial charge on any atom is -0.435 e. The zero-order valence-electron chi connectivity index (χ0n) is 14.1. The molecule has 5 rings (SSSR count). The Morgan fingerprint density at radius 3 is 2.80 bits per heavy atom. The predicted octanol–water partition coefficient (Wildman–Crippen LogP) is 3.41. The van der Waals surface area contributed by atoms with Crippen LogP contribution < -0.4 is 5.56 Å². The lowest BCUT2D eigenvalue weighted by Gasteiger charge is -2.19. The van der Waals surface area contributed by atoms with E-state index in [0.29, 0.717) is 29.5 Å². The van der Waals surface area contributed by atoms with E-state index in [1.165, 1.54) is 30.4 Å². The molecule has 2 aliphatic carbocycles. The highest BCUT2D eigenvalue weighted by Crippen LogP contribution is 2.49. The fourth-order valence-corrected chi connectivity index (χ4v) is 4.72. The third kappa shape index (κ3) is 2.68. The molecule has 1 aromatic carbocycles. The molecule has 0 N–H and O–H groups in total. The van der Waals surface area contributed by atoms with Crippen LogP contribution in [-0.2, 0) is 13.0 Å². The second-order valence-electron chi connectivity index (χ2n) is 7.55. The Kier molecular flexibility index (Phi) is 3.47. The lowest BCUT2D eigenvalue weighted by Crippen LogP contribution is -2.22. The lowest BCUT2D eigenvalue weighted by molar-refractivity contribution is 0.310. The third-order valence-corrected chi connectivity index (χ3v) is 5.94. The van der Waals surface area contributed by atoms with Crippen molar-refractivity contribution in [2.24, 2.45) is 17.8 Å². The number of aromatic nitrogens is 3. The topological polar surface area (TPSA) is 60.9 Å². The van der Waals surface area contributed by atoms with Crippen LogP contribution in [0.3, 0.4) is 0 Å². The Balaban J connectivity index is 1.42. The standard InChI is InChI=1S/C20H21N3O2/c24-20-19-17(11-21-23(20)12-13-4-2-1-3-5-13)22-18(25-19)10-16-9-14-6-7-15(16)8-14/h1-5,11,14-16H,6-10,12H2. The van der Waals surface area contributed by atoms with Crippen LogP contribution in [0, 0.1) is 17.8 Å². The first-order chi connectivity index (χ1) is 12.3. The van der Waals surface area contributed by atoms with Crippen molar-refractivity contribution >= 4 is 11.1 Å². The van der Waals surface area contributed by atoms with Crippen molar-refractivity contribution in [3.63, 3.8) is 0 Å². The summed E-state index contributed by atoms with van der Waals surface area (Å²) in [6, 6.07) is 9.85. The molecular formula is C20H21N3O2. The Labute approximate surface area is 145 Å². The summed E-state index contributed by atoms with van der Waals surface area (Å²) in [7, 11) is 0. The van der Waals surface area contributed by atoms with E-state index in [0.717, 1.165) is 23.8 Å². The molecular weight excluding hydrogens is 314 g/mol. The number of fused-ring (bicyclic) bond motifs is 3. The molecule has 5 nitrogen and oxygen atoms in total. The van der Waals surface area contributed by atoms with E-state index in [1.807, 2.05) is 30.3 Å². The van der Waals surface area contributed by atoms with E-state index in [4.69, 9.17) is 4.42 Å². The van der Waals surface area contributed by atoms with E-state index in [1.54, 1.807) is 6.20 Å². The van der Waals surface area contributed by atoms with Crippen LogP contribution >= 0.6 is 0 Å². The fourth-order valence-electron chi connectivity index (χ4n) is 4.72. The second kappa shape index (κ2) is 5.83. The van der Waals surface area contributed by atoms with Gasteiger partial charge in [0, 0.05) is 6.42 Å². The molecule has 3 atom stereocenters. The van der Waals surface area contributed by atoms with E-state index in [2.05, 4.69) is 10.1 Å². The van der Waals surface area contributed by atoms with Crippen LogP contribution in [0.1, 0.15) is 37.1 Å². The van der Waals surface area contributed by atoms with E-state index < -0.39 is 0 Å². The van der Waals surface area contributed by atoms with E-state index in [9.17, 15) is 4.79 Å². The van der Waals surface area contributed by atoms with Crippen molar-refractivity contribution in [3.05, 3.63) is 58.3 Å². The van der Waals surface area contributed by atoms with E-state index >= 15 is 0 Å². The van der Waals surface area contributed by atoms with Crippen LogP contribution in [0.15, 0.2) is 45.7 Å². The third-order valence-electron chi connectivity index (χ3n) is 5.94. The van der Waals surface area contributed by atoms with Gasteiger partial charge in [0.05, 0.1) is 12.7 Å². The number of benzene rings is 1. The molecule has 3 aromatic rings. The Morgan fingerprint density at radius 1 is 1.16 bits per heavy atom. The van der Waals surface area contributed by atoms with Gasteiger partial charge >= 0.3 is 5.56 Å². The SMILES string of the molecule is O=c1c2oc(CC3CC4CCC3C4)nc2cnn1Cc1ccccc1. The molecule has 2 aromatic heterocycles. The summed E-state index contributed by atoms with van der Waals surface area (Å²) >= 11 is 0. The number of rotatable bonds is 4. The summed E-state index contributed by atoms with van der Waals surface area (Å²) in [6.07, 6.45) is 7.90. The molecule has 2 saturated carbocycles. The average molecular weight is 335 g/mol. The van der Waals surface area contributed by atoms with Crippen molar-refractivity contribution in [2.45, 2.75) is 38.6 Å². The summed E-state index contributed by atoms with van der Waals surface area (Å²) in [4.78, 5) is 17.2. The van der Waals surface area contributed by atoms with Crippen molar-refractivity contribution in [1.82, 2.24) is 14.8 Å². The molecule has 2 bridgehead atoms. The Morgan fingerprint density at radius 2 is 2.04 bits per heavy atom. The van der Waals surface area contributed by atoms with Gasteiger partial charge in [0.15, 0.2) is 5.89 Å². The second-order valence-corrected chi connectivity index (χ2v) is 7.55. The molecule has 0 saturated heterocycles. The maximum atomic E-state index is 12.7. The summed E-state index contributed by atoms with van der Waals surface area (Å²) in [5, 5.41) is 4.27. The summed E-state index contributed by atoms with van der Waals surface area (Å²) in [5.41, 5.74) is 1.75. The average Bonchev–Trinajstić information content (AvgIpc) is 3.34. The molecule has 3 unspecified atom stereocenters. The molecule has 2 fully saturated rings. The van der Waals surface area contributed by atoms with Gasteiger partial charge in [-0.05, 0) is 42.6 Å². The van der Waals surface area contributed by atoms with Crippen LogP contribution in [0.2, 0.25) is 0 Å². The van der Waals surface area contributed by atoms with Crippen molar-refractivity contribution in [3.8, 4) is 0 Å². The van der Waals surface area contributed by atoms with Gasteiger partial charge < -0.3 is 4.42 Å². The monoisotopic (exact) mass is 335 g/mol. The zero-order chi connectivity index (χ0) is 16.8. The zero-order valence-corrected chi connectivity index (χ0v) is 14.1. The highest BCUT2D eigenvalue weighted by molar-refractivity contribution is 5.69. The van der Waals surface area contributed by atoms with Gasteiger partial charge in [0.2, 0.25) is 5.58 Å². The molecule has 0 amide bonds. The first-order valence-electron chi connectivity index (χ1n) is 9.16. The first-order valence-corrected chi connectivity index (χ1v) is 9.16. The minimum atomic E-state index is -0.201. The van der Waals surface area contributed by atoms with Gasteiger partial charge in [-0.3, -0.25) is 4.79 Å². The predicted molar refractivity (Wildman–Crippen MR) is 94.3 cm³/mol. The van der Waals surface area contributed by atoms with Crippen molar-refractivity contribution in [2.75, 3.05) is 0 Å². The maximum absolute atomic E-state index is 12.7. The van der Waals surface area contributed by atoms with Crippen molar-refractivity contribution in [1.29, 1.82) is 0 Å². The molecule has 25 heavy (non-hydrogen) atoms. The highest BCUT2D eigenvalue weighted by atomic mass is 16.4. The molecule has 128 valence electrons. The largest absolute Gasteiger partial charge is 0.435 e. The smallest absolute Gasteiger partial charge is 0.312 e. The van der Waals surface area contributed by atoms with Crippen LogP contribution in [0.4, 0.5) is 0 Å². The van der Waals surface area contributed by atoms with E-state index in [-0.39, 0.29) is 5.56 Å². The van der Waals surface area contributed by atoms with Gasteiger partial charge in [-0.2, -0.15) is 5.10 Å². The molecule has 2 aliphatic rings. The highest BCUT2D eigenvalue weighted by Gasteiger charge is 2.40. The maximum Gasteiger partial charge on any atom is 0.312 e. The molecule has 0 aliphatic heterocycles. The van der Waals surface area contributed by atoms with Crippen LogP contribution in [0.5, 0.6) is 0 Å². The molecule has 5 heteroatoms. The van der Waals surface area contributed by atoms with Gasteiger partial charge in [-0.15, -0.1) is 0 Å². The molecule has 0 radical (unpaired) electrons. The quantitative estimate of drug-likeness (QED) is 0.733. The normalized spacial score (nSPS) is 25.0. The van der Waals surface area contributed by atoms with Crippen LogP contribution in [-0.4, -0.2) is 14.8 Å². The summed E-state index contributed by atoms with van der Waals surface area (Å²) in [5.74, 6) is 3.10. The summed E-state index contributed by atoms with van der Waals surface area (Å²) < 4.78 is 7.31. The molecule has 0 spiro atoms. The van der Waals surface area contributed by atoms with Gasteiger partial charge in [0.1, 0.15) is 5.52 Å². The van der Waals surface area contributed by atoms with Crippen LogP contribution in [0.25, 0.3) is 11.1 Å². The number of hydrogen-bond donors (Lipinski definition) is 0. The minimum absolute atomic E-state index is 0.201. The number of nitrogens with zero attached hydrogens (tertiary/aromatic N) is 3. The lowest BCUT2D eigenvalue weighted by atomic mass is 9.86. The van der Waals surface area contributed by atoms with Crippen molar-refractivity contribution < 1.29 is 4.42 Å². The van der Waals surface area contributed by atoms with Gasteiger partial charge in [0.25, 0.3) is 0 Å². The van der Waals surface area contributed by atoms with Gasteiger partial charge in [-0.25, -0.2) is 9.67 Å². The Hall–Kier alpha value is -2.43. The number of hydrogen-bond acceptors (Lipinski definition) is 4. The van der Waals surface area contributed by atoms with Gasteiger partial charge in [-0.1, -0.05) is 36.8 Å².